The highest BCUT2D eigenvalue weighted by atomic mass is 79.9. The van der Waals surface area contributed by atoms with Crippen LogP contribution in [0.5, 0.6) is 0 Å². The van der Waals surface area contributed by atoms with Crippen molar-refractivity contribution in [1.82, 2.24) is 4.98 Å². The van der Waals surface area contributed by atoms with E-state index >= 15 is 0 Å². The Morgan fingerprint density at radius 1 is 1.35 bits per heavy atom. The molecule has 0 aliphatic rings. The Morgan fingerprint density at radius 3 is 2.60 bits per heavy atom. The number of amides is 1. The number of pyridine rings is 1. The van der Waals surface area contributed by atoms with Gasteiger partial charge in [-0.3, -0.25) is 14.6 Å². The summed E-state index contributed by atoms with van der Waals surface area (Å²) in [5.74, 6) is -1.18. The molecule has 0 fully saturated rings. The smallest absolute Gasteiger partial charge is 0.309 e. The molecule has 104 valence electrons. The predicted molar refractivity (Wildman–Crippen MR) is 83.2 cm³/mol. The minimum absolute atomic E-state index is 0.140. The SMILES string of the molecule is O=C(O)Cc1ccc(NC(=O)c2cc(Br)c(Br)s2)cn1. The number of carbonyl (C=O) groups excluding carboxylic acids is 1. The van der Waals surface area contributed by atoms with Crippen molar-refractivity contribution in [2.24, 2.45) is 0 Å². The summed E-state index contributed by atoms with van der Waals surface area (Å²) in [5, 5.41) is 11.3. The number of carbonyl (C=O) groups is 2. The molecule has 2 aromatic rings. The number of nitrogens with one attached hydrogen (secondary N) is 1. The highest BCUT2D eigenvalue weighted by Crippen LogP contribution is 2.32. The lowest BCUT2D eigenvalue weighted by Crippen LogP contribution is -2.10. The summed E-state index contributed by atoms with van der Waals surface area (Å²) in [7, 11) is 0. The number of thiophene rings is 1. The van der Waals surface area contributed by atoms with Crippen LogP contribution in [0.2, 0.25) is 0 Å². The first-order chi connectivity index (χ1) is 9.45. The second-order valence-electron chi connectivity index (χ2n) is 3.80. The molecule has 0 aliphatic heterocycles. The first-order valence-corrected chi connectivity index (χ1v) is 7.79. The molecule has 20 heavy (non-hydrogen) atoms. The zero-order valence-corrected chi connectivity index (χ0v) is 13.9. The van der Waals surface area contributed by atoms with Gasteiger partial charge < -0.3 is 10.4 Å². The Bertz CT molecular complexity index is 636. The Kier molecular flexibility index (Phi) is 4.90. The summed E-state index contributed by atoms with van der Waals surface area (Å²) in [6.45, 7) is 0. The topological polar surface area (TPSA) is 79.3 Å². The van der Waals surface area contributed by atoms with Crippen molar-refractivity contribution in [2.75, 3.05) is 5.32 Å². The molecule has 8 heteroatoms. The lowest BCUT2D eigenvalue weighted by atomic mass is 10.2. The molecule has 0 aliphatic carbocycles. The molecule has 1 amide bonds. The van der Waals surface area contributed by atoms with Crippen molar-refractivity contribution in [3.8, 4) is 0 Å². The van der Waals surface area contributed by atoms with Crippen LogP contribution in [0.1, 0.15) is 15.4 Å². The Hall–Kier alpha value is -1.25. The molecule has 0 spiro atoms. The number of rotatable bonds is 4. The molecule has 0 atom stereocenters. The standard InChI is InChI=1S/C12H8Br2N2O3S/c13-8-4-9(20-11(8)14)12(19)16-7-2-1-6(15-5-7)3-10(17)18/h1-2,4-5H,3H2,(H,16,19)(H,17,18). The lowest BCUT2D eigenvalue weighted by Gasteiger charge is -2.03. The molecule has 0 radical (unpaired) electrons. The third kappa shape index (κ3) is 3.87. The van der Waals surface area contributed by atoms with Crippen LogP contribution in [0.4, 0.5) is 5.69 Å². The molecule has 2 rings (SSSR count). The third-order valence-electron chi connectivity index (χ3n) is 2.28. The molecule has 0 unspecified atom stereocenters. The largest absolute Gasteiger partial charge is 0.481 e. The summed E-state index contributed by atoms with van der Waals surface area (Å²) in [6, 6.07) is 4.92. The van der Waals surface area contributed by atoms with Crippen LogP contribution in [0.3, 0.4) is 0 Å². The van der Waals surface area contributed by atoms with Gasteiger partial charge in [0, 0.05) is 4.47 Å². The maximum absolute atomic E-state index is 12.0. The van der Waals surface area contributed by atoms with Gasteiger partial charge in [-0.05, 0) is 50.1 Å². The van der Waals surface area contributed by atoms with Gasteiger partial charge in [0.05, 0.1) is 32.7 Å². The van der Waals surface area contributed by atoms with Gasteiger partial charge in [0.15, 0.2) is 0 Å². The summed E-state index contributed by atoms with van der Waals surface area (Å²) in [4.78, 5) is 27.0. The van der Waals surface area contributed by atoms with E-state index in [0.29, 0.717) is 16.3 Å². The van der Waals surface area contributed by atoms with E-state index in [0.717, 1.165) is 8.26 Å². The fourth-order valence-electron chi connectivity index (χ4n) is 1.41. The summed E-state index contributed by atoms with van der Waals surface area (Å²) < 4.78 is 1.67. The summed E-state index contributed by atoms with van der Waals surface area (Å²) >= 11 is 7.96. The Balaban J connectivity index is 2.06. The Morgan fingerprint density at radius 2 is 2.10 bits per heavy atom. The summed E-state index contributed by atoms with van der Waals surface area (Å²) in [6.07, 6.45) is 1.30. The van der Waals surface area contributed by atoms with E-state index in [-0.39, 0.29) is 12.3 Å². The first-order valence-electron chi connectivity index (χ1n) is 5.38. The van der Waals surface area contributed by atoms with E-state index in [1.165, 1.54) is 17.5 Å². The van der Waals surface area contributed by atoms with Crippen molar-refractivity contribution in [3.63, 3.8) is 0 Å². The number of carboxylic acids is 1. The van der Waals surface area contributed by atoms with Crippen molar-refractivity contribution < 1.29 is 14.7 Å². The molecular weight excluding hydrogens is 412 g/mol. The van der Waals surface area contributed by atoms with Gasteiger partial charge in [-0.1, -0.05) is 0 Å². The molecular formula is C12H8Br2N2O3S. The average molecular weight is 420 g/mol. The number of aliphatic carboxylic acids is 1. The lowest BCUT2D eigenvalue weighted by molar-refractivity contribution is -0.136. The van der Waals surface area contributed by atoms with Crippen molar-refractivity contribution in [3.05, 3.63) is 43.2 Å². The van der Waals surface area contributed by atoms with Gasteiger partial charge in [0.1, 0.15) is 0 Å². The molecule has 0 saturated heterocycles. The van der Waals surface area contributed by atoms with Gasteiger partial charge in [0.25, 0.3) is 5.91 Å². The zero-order chi connectivity index (χ0) is 14.7. The highest BCUT2D eigenvalue weighted by molar-refractivity contribution is 9.13. The minimum Gasteiger partial charge on any atom is -0.481 e. The number of hydrogen-bond acceptors (Lipinski definition) is 4. The van der Waals surface area contributed by atoms with E-state index < -0.39 is 5.97 Å². The quantitative estimate of drug-likeness (QED) is 0.794. The van der Waals surface area contributed by atoms with Gasteiger partial charge in [-0.15, -0.1) is 11.3 Å². The van der Waals surface area contributed by atoms with E-state index in [9.17, 15) is 9.59 Å². The number of halogens is 2. The van der Waals surface area contributed by atoms with Crippen LogP contribution in [-0.2, 0) is 11.2 Å². The molecule has 2 N–H and O–H groups in total. The van der Waals surface area contributed by atoms with Crippen molar-refractivity contribution in [2.45, 2.75) is 6.42 Å². The van der Waals surface area contributed by atoms with Gasteiger partial charge >= 0.3 is 5.97 Å². The van der Waals surface area contributed by atoms with Gasteiger partial charge in [-0.25, -0.2) is 0 Å². The second-order valence-corrected chi connectivity index (χ2v) is 7.02. The van der Waals surface area contributed by atoms with Crippen LogP contribution in [0.15, 0.2) is 32.7 Å². The van der Waals surface area contributed by atoms with Crippen LogP contribution in [0, 0.1) is 0 Å². The van der Waals surface area contributed by atoms with E-state index in [2.05, 4.69) is 42.2 Å². The maximum atomic E-state index is 12.0. The monoisotopic (exact) mass is 418 g/mol. The third-order valence-corrected chi connectivity index (χ3v) is 5.54. The van der Waals surface area contributed by atoms with E-state index in [4.69, 9.17) is 5.11 Å². The van der Waals surface area contributed by atoms with Crippen LogP contribution >= 0.6 is 43.2 Å². The molecule has 0 aromatic carbocycles. The Labute approximate surface area is 135 Å². The fraction of sp³-hybridized carbons (Fsp3) is 0.0833. The van der Waals surface area contributed by atoms with Gasteiger partial charge in [-0.2, -0.15) is 0 Å². The zero-order valence-electron chi connectivity index (χ0n) is 9.89. The number of anilines is 1. The first kappa shape index (κ1) is 15.1. The second kappa shape index (κ2) is 6.47. The summed E-state index contributed by atoms with van der Waals surface area (Å²) in [5.41, 5.74) is 0.960. The number of aromatic nitrogens is 1. The highest BCUT2D eigenvalue weighted by Gasteiger charge is 2.12. The fourth-order valence-corrected chi connectivity index (χ4v) is 3.34. The van der Waals surface area contributed by atoms with Gasteiger partial charge in [0.2, 0.25) is 0 Å². The van der Waals surface area contributed by atoms with Crippen LogP contribution in [-0.4, -0.2) is 22.0 Å². The molecule has 2 aromatic heterocycles. The average Bonchev–Trinajstić information content (AvgIpc) is 2.71. The van der Waals surface area contributed by atoms with Crippen molar-refractivity contribution >= 4 is 60.8 Å². The van der Waals surface area contributed by atoms with Crippen LogP contribution < -0.4 is 5.32 Å². The molecule has 2 heterocycles. The maximum Gasteiger partial charge on any atom is 0.309 e. The number of nitrogens with zero attached hydrogens (tertiary/aromatic N) is 1. The molecule has 5 nitrogen and oxygen atoms in total. The molecule has 0 saturated carbocycles. The number of hydrogen-bond donors (Lipinski definition) is 2. The van der Waals surface area contributed by atoms with Crippen molar-refractivity contribution in [1.29, 1.82) is 0 Å². The van der Waals surface area contributed by atoms with Crippen LogP contribution in [0.25, 0.3) is 0 Å². The predicted octanol–water partition coefficient (Wildman–Crippen LogP) is 3.55. The molecule has 0 bridgehead atoms. The van der Waals surface area contributed by atoms with E-state index in [1.54, 1.807) is 18.2 Å². The number of carboxylic acid groups (broad SMARTS) is 1. The normalized spacial score (nSPS) is 10.3. The minimum atomic E-state index is -0.942. The van der Waals surface area contributed by atoms with E-state index in [1.807, 2.05) is 0 Å².